The summed E-state index contributed by atoms with van der Waals surface area (Å²) in [4.78, 5) is 16.9. The van der Waals surface area contributed by atoms with E-state index in [4.69, 9.17) is 0 Å². The van der Waals surface area contributed by atoms with Gasteiger partial charge in [0.1, 0.15) is 11.6 Å². The van der Waals surface area contributed by atoms with E-state index < -0.39 is 0 Å². The molecule has 1 aliphatic heterocycles. The first-order valence-corrected chi connectivity index (χ1v) is 9.37. The van der Waals surface area contributed by atoms with Gasteiger partial charge in [-0.1, -0.05) is 12.8 Å². The molecule has 1 saturated carbocycles. The molecule has 3 rings (SSSR count). The molecule has 0 aromatic heterocycles. The number of benzene rings is 1. The summed E-state index contributed by atoms with van der Waals surface area (Å²) in [6.07, 6.45) is 5.80. The first-order chi connectivity index (χ1) is 12.7. The predicted molar refractivity (Wildman–Crippen MR) is 104 cm³/mol. The molecule has 26 heavy (non-hydrogen) atoms. The van der Waals surface area contributed by atoms with Crippen LogP contribution in [0.2, 0.25) is 0 Å². The number of nitrogens with one attached hydrogen (secondary N) is 2. The van der Waals surface area contributed by atoms with E-state index in [1.165, 1.54) is 11.9 Å². The van der Waals surface area contributed by atoms with Crippen LogP contribution in [0.3, 0.4) is 0 Å². The molecule has 0 bridgehead atoms. The Bertz CT molecular complexity index is 677. The minimum Gasteiger partial charge on any atom is -0.369 e. The van der Waals surface area contributed by atoms with Crippen molar-refractivity contribution >= 4 is 17.3 Å². The van der Waals surface area contributed by atoms with Gasteiger partial charge >= 0.3 is 0 Å². The number of hydrogen-bond acceptors (Lipinski definition) is 5. The van der Waals surface area contributed by atoms with Gasteiger partial charge in [-0.05, 0) is 44.2 Å². The number of likely N-dealkylation sites (N-methyl/N-ethyl adjacent to an activating group) is 1. The molecule has 1 aliphatic carbocycles. The van der Waals surface area contributed by atoms with Crippen molar-refractivity contribution in [3.05, 3.63) is 36.0 Å². The van der Waals surface area contributed by atoms with Crippen LogP contribution in [-0.2, 0) is 4.79 Å². The molecular formula is C20H27N5O. The van der Waals surface area contributed by atoms with Crippen molar-refractivity contribution in [1.82, 2.24) is 10.2 Å². The first-order valence-electron chi connectivity index (χ1n) is 9.37. The zero-order valence-corrected chi connectivity index (χ0v) is 15.4. The highest BCUT2D eigenvalue weighted by atomic mass is 16.1. The first kappa shape index (κ1) is 18.3. The summed E-state index contributed by atoms with van der Waals surface area (Å²) in [7, 11) is 2.15. The molecule has 2 aliphatic rings. The molecule has 1 saturated heterocycles. The van der Waals surface area contributed by atoms with Crippen molar-refractivity contribution in [3.8, 4) is 6.07 Å². The summed E-state index contributed by atoms with van der Waals surface area (Å²) in [5.41, 5.74) is 2.18. The van der Waals surface area contributed by atoms with Gasteiger partial charge in [-0.25, -0.2) is 0 Å². The maximum absolute atomic E-state index is 12.2. The summed E-state index contributed by atoms with van der Waals surface area (Å²) in [5.74, 6) is -0.291. The van der Waals surface area contributed by atoms with E-state index >= 15 is 0 Å². The second-order valence-electron chi connectivity index (χ2n) is 7.11. The maximum atomic E-state index is 12.2. The van der Waals surface area contributed by atoms with Crippen LogP contribution in [0.4, 0.5) is 11.4 Å². The van der Waals surface area contributed by atoms with E-state index in [9.17, 15) is 10.1 Å². The van der Waals surface area contributed by atoms with Crippen molar-refractivity contribution in [1.29, 1.82) is 5.26 Å². The van der Waals surface area contributed by atoms with Crippen LogP contribution in [0.15, 0.2) is 36.0 Å². The van der Waals surface area contributed by atoms with Crippen LogP contribution in [0.25, 0.3) is 0 Å². The van der Waals surface area contributed by atoms with E-state index in [-0.39, 0.29) is 17.5 Å². The molecule has 6 nitrogen and oxygen atoms in total. The van der Waals surface area contributed by atoms with Crippen LogP contribution in [0.1, 0.15) is 25.7 Å². The topological polar surface area (TPSA) is 71.4 Å². The van der Waals surface area contributed by atoms with Crippen molar-refractivity contribution in [3.63, 3.8) is 0 Å². The number of nitriles is 1. The summed E-state index contributed by atoms with van der Waals surface area (Å²) >= 11 is 0. The largest absolute Gasteiger partial charge is 0.369 e. The lowest BCUT2D eigenvalue weighted by molar-refractivity contribution is -0.117. The van der Waals surface area contributed by atoms with Gasteiger partial charge in [0.05, 0.1) is 0 Å². The number of anilines is 2. The Kier molecular flexibility index (Phi) is 6.13. The van der Waals surface area contributed by atoms with Crippen LogP contribution >= 0.6 is 0 Å². The van der Waals surface area contributed by atoms with Crippen LogP contribution in [0.5, 0.6) is 0 Å². The Hall–Kier alpha value is -2.52. The van der Waals surface area contributed by atoms with Crippen molar-refractivity contribution in [2.75, 3.05) is 43.4 Å². The third-order valence-electron chi connectivity index (χ3n) is 5.17. The molecular weight excluding hydrogens is 326 g/mol. The standard InChI is InChI=1S/C20H27N5O/c1-24-10-12-25(13-11-24)19-8-6-17(7-9-19)22-15-16(14-21)20(26)23-18-4-2-3-5-18/h6-9,15,18,22H,2-5,10-13H2,1H3,(H,23,26)/b16-15-. The van der Waals surface area contributed by atoms with E-state index in [0.717, 1.165) is 57.5 Å². The van der Waals surface area contributed by atoms with Crippen molar-refractivity contribution < 1.29 is 4.79 Å². The molecule has 2 fully saturated rings. The number of nitrogens with zero attached hydrogens (tertiary/aromatic N) is 3. The number of carbonyl (C=O) groups excluding carboxylic acids is 1. The van der Waals surface area contributed by atoms with Gasteiger partial charge in [0.15, 0.2) is 0 Å². The van der Waals surface area contributed by atoms with Crippen LogP contribution < -0.4 is 15.5 Å². The lowest BCUT2D eigenvalue weighted by Crippen LogP contribution is -2.44. The average molecular weight is 353 g/mol. The monoisotopic (exact) mass is 353 g/mol. The second-order valence-corrected chi connectivity index (χ2v) is 7.11. The van der Waals surface area contributed by atoms with E-state index in [1.54, 1.807) is 0 Å². The van der Waals surface area contributed by atoms with Crippen LogP contribution in [0, 0.1) is 11.3 Å². The van der Waals surface area contributed by atoms with E-state index in [1.807, 2.05) is 18.2 Å². The van der Waals surface area contributed by atoms with Gasteiger partial charge in [0.25, 0.3) is 5.91 Å². The molecule has 1 amide bonds. The Morgan fingerprint density at radius 3 is 2.42 bits per heavy atom. The van der Waals surface area contributed by atoms with Crippen molar-refractivity contribution in [2.45, 2.75) is 31.7 Å². The number of hydrogen-bond donors (Lipinski definition) is 2. The Morgan fingerprint density at radius 2 is 1.81 bits per heavy atom. The highest BCUT2D eigenvalue weighted by Gasteiger charge is 2.19. The second kappa shape index (κ2) is 8.72. The smallest absolute Gasteiger partial charge is 0.263 e. The molecule has 138 valence electrons. The summed E-state index contributed by atoms with van der Waals surface area (Å²) in [5, 5.41) is 15.3. The molecule has 0 atom stereocenters. The molecule has 2 N–H and O–H groups in total. The maximum Gasteiger partial charge on any atom is 0.263 e. The van der Waals surface area contributed by atoms with E-state index in [2.05, 4.69) is 39.6 Å². The molecule has 0 radical (unpaired) electrons. The van der Waals surface area contributed by atoms with Crippen molar-refractivity contribution in [2.24, 2.45) is 0 Å². The predicted octanol–water partition coefficient (Wildman–Crippen LogP) is 2.32. The molecule has 1 aromatic rings. The Balaban J connectivity index is 1.56. The highest BCUT2D eigenvalue weighted by molar-refractivity contribution is 5.97. The summed E-state index contributed by atoms with van der Waals surface area (Å²) < 4.78 is 0. The molecule has 0 spiro atoms. The average Bonchev–Trinajstić information content (AvgIpc) is 3.16. The fourth-order valence-electron chi connectivity index (χ4n) is 3.47. The third-order valence-corrected chi connectivity index (χ3v) is 5.17. The molecule has 1 heterocycles. The van der Waals surface area contributed by atoms with Gasteiger partial charge in [-0.15, -0.1) is 0 Å². The minimum absolute atomic E-state index is 0.111. The SMILES string of the molecule is CN1CCN(c2ccc(N/C=C(/C#N)C(=O)NC3CCCC3)cc2)CC1. The van der Waals surface area contributed by atoms with Gasteiger partial charge in [0.2, 0.25) is 0 Å². The zero-order valence-electron chi connectivity index (χ0n) is 15.4. The lowest BCUT2D eigenvalue weighted by atomic mass is 10.2. The number of carbonyl (C=O) groups is 1. The highest BCUT2D eigenvalue weighted by Crippen LogP contribution is 2.20. The lowest BCUT2D eigenvalue weighted by Gasteiger charge is -2.34. The Labute approximate surface area is 155 Å². The molecule has 0 unspecified atom stereocenters. The van der Waals surface area contributed by atoms with Gasteiger partial charge in [0, 0.05) is 49.8 Å². The third kappa shape index (κ3) is 4.77. The molecule has 6 heteroatoms. The fourth-order valence-corrected chi connectivity index (χ4v) is 3.47. The summed E-state index contributed by atoms with van der Waals surface area (Å²) in [6, 6.07) is 10.3. The quantitative estimate of drug-likeness (QED) is 0.628. The Morgan fingerprint density at radius 1 is 1.15 bits per heavy atom. The number of rotatable bonds is 5. The van der Waals surface area contributed by atoms with E-state index in [0.29, 0.717) is 0 Å². The van der Waals surface area contributed by atoms with Gasteiger partial charge in [-0.2, -0.15) is 5.26 Å². The molecule has 1 aromatic carbocycles. The van der Waals surface area contributed by atoms with Gasteiger partial charge < -0.3 is 20.4 Å². The summed E-state index contributed by atoms with van der Waals surface area (Å²) in [6.45, 7) is 4.21. The zero-order chi connectivity index (χ0) is 18.4. The fraction of sp³-hybridized carbons (Fsp3) is 0.500. The van der Waals surface area contributed by atoms with Crippen LogP contribution in [-0.4, -0.2) is 50.1 Å². The minimum atomic E-state index is -0.291. The number of piperazine rings is 1. The number of amides is 1. The van der Waals surface area contributed by atoms with Gasteiger partial charge in [-0.3, -0.25) is 4.79 Å². The normalized spacial score (nSPS) is 19.2.